The van der Waals surface area contributed by atoms with Crippen LogP contribution in [0.3, 0.4) is 0 Å². The van der Waals surface area contributed by atoms with Crippen molar-refractivity contribution in [2.75, 3.05) is 0 Å². The number of carbonyl (C=O) groups excluding carboxylic acids is 1. The average molecular weight is 299 g/mol. The summed E-state index contributed by atoms with van der Waals surface area (Å²) in [6.07, 6.45) is 1.62. The van der Waals surface area contributed by atoms with Gasteiger partial charge in [-0.2, -0.15) is 5.10 Å². The van der Waals surface area contributed by atoms with Crippen molar-refractivity contribution >= 4 is 5.91 Å². The van der Waals surface area contributed by atoms with Crippen LogP contribution in [0.2, 0.25) is 0 Å². The molecule has 0 bridgehead atoms. The summed E-state index contributed by atoms with van der Waals surface area (Å²) in [6, 6.07) is 7.33. The summed E-state index contributed by atoms with van der Waals surface area (Å²) >= 11 is 0. The van der Waals surface area contributed by atoms with Gasteiger partial charge in [0.05, 0.1) is 24.1 Å². The second-order valence-electron chi connectivity index (χ2n) is 5.13. The predicted octanol–water partition coefficient (Wildman–Crippen LogP) is 2.82. The van der Waals surface area contributed by atoms with Gasteiger partial charge in [-0.15, -0.1) is 0 Å². The van der Waals surface area contributed by atoms with Crippen LogP contribution >= 0.6 is 0 Å². The summed E-state index contributed by atoms with van der Waals surface area (Å²) in [4.78, 5) is 12.1. The first kappa shape index (κ1) is 14.2. The number of hydrogen-bond donors (Lipinski definition) is 1. The Morgan fingerprint density at radius 3 is 2.82 bits per heavy atom. The summed E-state index contributed by atoms with van der Waals surface area (Å²) in [7, 11) is 1.84. The molecule has 3 aromatic rings. The highest BCUT2D eigenvalue weighted by molar-refractivity contribution is 5.95. The number of hydrogen-bond acceptors (Lipinski definition) is 4. The molecule has 22 heavy (non-hydrogen) atoms. The first-order valence-corrected chi connectivity index (χ1v) is 6.96. The van der Waals surface area contributed by atoms with E-state index in [-0.39, 0.29) is 5.91 Å². The van der Waals surface area contributed by atoms with Crippen molar-refractivity contribution in [3.63, 3.8) is 0 Å². The lowest BCUT2D eigenvalue weighted by Crippen LogP contribution is -2.23. The van der Waals surface area contributed by atoms with E-state index in [0.717, 1.165) is 22.9 Å². The van der Waals surface area contributed by atoms with Crippen molar-refractivity contribution in [1.82, 2.24) is 15.1 Å². The Hall–Kier alpha value is -2.76. The molecule has 0 unspecified atom stereocenters. The fourth-order valence-electron chi connectivity index (χ4n) is 2.39. The van der Waals surface area contributed by atoms with Crippen molar-refractivity contribution < 1.29 is 13.6 Å². The van der Waals surface area contributed by atoms with Crippen molar-refractivity contribution in [3.05, 3.63) is 53.3 Å². The minimum atomic E-state index is -0.167. The van der Waals surface area contributed by atoms with Crippen LogP contribution in [0, 0.1) is 13.8 Å². The van der Waals surface area contributed by atoms with Crippen LogP contribution in [-0.4, -0.2) is 15.7 Å². The summed E-state index contributed by atoms with van der Waals surface area (Å²) < 4.78 is 12.5. The van der Waals surface area contributed by atoms with Crippen LogP contribution < -0.4 is 5.32 Å². The van der Waals surface area contributed by atoms with E-state index in [0.29, 0.717) is 17.9 Å². The number of nitrogens with zero attached hydrogens (tertiary/aromatic N) is 2. The lowest BCUT2D eigenvalue weighted by atomic mass is 10.2. The third-order valence-electron chi connectivity index (χ3n) is 3.42. The number of aryl methyl sites for hydroxylation is 3. The Labute approximate surface area is 127 Å². The second kappa shape index (κ2) is 5.55. The molecule has 0 aliphatic carbocycles. The number of rotatable bonds is 4. The van der Waals surface area contributed by atoms with E-state index >= 15 is 0 Å². The van der Waals surface area contributed by atoms with Crippen molar-refractivity contribution in [3.8, 4) is 11.5 Å². The monoisotopic (exact) mass is 299 g/mol. The first-order valence-electron chi connectivity index (χ1n) is 6.96. The van der Waals surface area contributed by atoms with Gasteiger partial charge in [-0.3, -0.25) is 9.48 Å². The van der Waals surface area contributed by atoms with E-state index in [1.54, 1.807) is 23.9 Å². The van der Waals surface area contributed by atoms with Crippen LogP contribution in [0.15, 0.2) is 39.4 Å². The van der Waals surface area contributed by atoms with Gasteiger partial charge in [0.25, 0.3) is 5.91 Å². The zero-order valence-electron chi connectivity index (χ0n) is 12.7. The van der Waals surface area contributed by atoms with Crippen LogP contribution in [0.25, 0.3) is 11.5 Å². The molecule has 0 spiro atoms. The van der Waals surface area contributed by atoms with Crippen LogP contribution in [-0.2, 0) is 13.6 Å². The lowest BCUT2D eigenvalue weighted by Gasteiger charge is -2.01. The van der Waals surface area contributed by atoms with Crippen LogP contribution in [0.4, 0.5) is 0 Å². The van der Waals surface area contributed by atoms with Gasteiger partial charge in [-0.05, 0) is 38.1 Å². The van der Waals surface area contributed by atoms with Gasteiger partial charge in [0.15, 0.2) is 5.76 Å². The fourth-order valence-corrected chi connectivity index (χ4v) is 2.39. The minimum absolute atomic E-state index is 0.167. The van der Waals surface area contributed by atoms with Gasteiger partial charge >= 0.3 is 0 Å². The molecule has 1 amide bonds. The zero-order valence-corrected chi connectivity index (χ0v) is 12.7. The third-order valence-corrected chi connectivity index (χ3v) is 3.42. The second-order valence-corrected chi connectivity index (χ2v) is 5.13. The molecule has 0 aliphatic heterocycles. The fraction of sp³-hybridized carbons (Fsp3) is 0.250. The molecule has 0 aliphatic rings. The average Bonchev–Trinajstić information content (AvgIpc) is 3.16. The summed E-state index contributed by atoms with van der Waals surface area (Å²) in [5.74, 6) is 1.92. The number of aromatic nitrogens is 2. The Bertz CT molecular complexity index is 797. The predicted molar refractivity (Wildman–Crippen MR) is 80.3 cm³/mol. The number of furan rings is 2. The Kier molecular flexibility index (Phi) is 3.58. The van der Waals surface area contributed by atoms with E-state index in [4.69, 9.17) is 8.83 Å². The molecule has 3 rings (SSSR count). The van der Waals surface area contributed by atoms with Gasteiger partial charge in [0.1, 0.15) is 17.2 Å². The van der Waals surface area contributed by atoms with E-state index in [1.165, 1.54) is 0 Å². The molecule has 0 atom stereocenters. The number of amides is 1. The normalized spacial score (nSPS) is 10.9. The maximum Gasteiger partial charge on any atom is 0.255 e. The smallest absolute Gasteiger partial charge is 0.255 e. The summed E-state index contributed by atoms with van der Waals surface area (Å²) in [6.45, 7) is 3.94. The van der Waals surface area contributed by atoms with Crippen LogP contribution in [0.5, 0.6) is 0 Å². The van der Waals surface area contributed by atoms with E-state index < -0.39 is 0 Å². The van der Waals surface area contributed by atoms with Crippen LogP contribution in [0.1, 0.15) is 27.6 Å². The minimum Gasteiger partial charge on any atom is -0.466 e. The molecule has 0 aromatic carbocycles. The van der Waals surface area contributed by atoms with Gasteiger partial charge in [-0.1, -0.05) is 0 Å². The summed E-state index contributed by atoms with van der Waals surface area (Å²) in [5.41, 5.74) is 2.18. The van der Waals surface area contributed by atoms with E-state index in [1.807, 2.05) is 32.2 Å². The van der Waals surface area contributed by atoms with Gasteiger partial charge < -0.3 is 14.2 Å². The molecule has 114 valence electrons. The maximum absolute atomic E-state index is 12.1. The molecule has 6 heteroatoms. The van der Waals surface area contributed by atoms with Crippen molar-refractivity contribution in [1.29, 1.82) is 0 Å². The first-order chi connectivity index (χ1) is 10.5. The largest absolute Gasteiger partial charge is 0.466 e. The van der Waals surface area contributed by atoms with E-state index in [9.17, 15) is 4.79 Å². The molecule has 1 N–H and O–H groups in total. The van der Waals surface area contributed by atoms with Gasteiger partial charge in [-0.25, -0.2) is 0 Å². The highest BCUT2D eigenvalue weighted by atomic mass is 16.3. The molecular weight excluding hydrogens is 282 g/mol. The Morgan fingerprint density at radius 2 is 2.18 bits per heavy atom. The Balaban J connectivity index is 1.71. The standard InChI is InChI=1S/C16H17N3O3/c1-10-7-13(11(2)22-10)16(20)17-9-12-8-14(19(3)18-12)15-5-4-6-21-15/h4-8H,9H2,1-3H3,(H,17,20). The molecule has 0 saturated heterocycles. The van der Waals surface area contributed by atoms with Gasteiger partial charge in [0, 0.05) is 7.05 Å². The molecule has 0 fully saturated rings. The maximum atomic E-state index is 12.1. The summed E-state index contributed by atoms with van der Waals surface area (Å²) in [5, 5.41) is 7.23. The third kappa shape index (κ3) is 2.67. The molecule has 0 saturated carbocycles. The highest BCUT2D eigenvalue weighted by Gasteiger charge is 2.15. The molecule has 3 aromatic heterocycles. The topological polar surface area (TPSA) is 73.2 Å². The quantitative estimate of drug-likeness (QED) is 0.804. The molecular formula is C16H17N3O3. The molecule has 3 heterocycles. The lowest BCUT2D eigenvalue weighted by molar-refractivity contribution is 0.0949. The van der Waals surface area contributed by atoms with E-state index in [2.05, 4.69) is 10.4 Å². The zero-order chi connectivity index (χ0) is 15.7. The van der Waals surface area contributed by atoms with Crippen molar-refractivity contribution in [2.45, 2.75) is 20.4 Å². The number of nitrogens with one attached hydrogen (secondary N) is 1. The number of carbonyl (C=O) groups is 1. The highest BCUT2D eigenvalue weighted by Crippen LogP contribution is 2.20. The molecule has 6 nitrogen and oxygen atoms in total. The Morgan fingerprint density at radius 1 is 1.36 bits per heavy atom. The SMILES string of the molecule is Cc1cc(C(=O)NCc2cc(-c3ccco3)n(C)n2)c(C)o1. The van der Waals surface area contributed by atoms with Crippen molar-refractivity contribution in [2.24, 2.45) is 7.05 Å². The van der Waals surface area contributed by atoms with Gasteiger partial charge in [0.2, 0.25) is 0 Å². The molecule has 0 radical (unpaired) electrons.